The highest BCUT2D eigenvalue weighted by atomic mass is 32.2. The Morgan fingerprint density at radius 3 is 2.52 bits per heavy atom. The number of nitrogens with zero attached hydrogens (tertiary/aromatic N) is 1. The van der Waals surface area contributed by atoms with Crippen molar-refractivity contribution in [2.75, 3.05) is 16.3 Å². The third-order valence-electron chi connectivity index (χ3n) is 3.64. The van der Waals surface area contributed by atoms with Crippen LogP contribution in [0.25, 0.3) is 0 Å². The zero-order chi connectivity index (χ0) is 19.4. The molecule has 1 amide bonds. The molecule has 2 aromatic carbocycles. The summed E-state index contributed by atoms with van der Waals surface area (Å²) in [6, 6.07) is 13.9. The molecule has 3 aromatic rings. The minimum Gasteiger partial charge on any atom is -0.320 e. The number of amides is 1. The Hall–Kier alpha value is -2.36. The molecule has 0 aliphatic heterocycles. The summed E-state index contributed by atoms with van der Waals surface area (Å²) in [7, 11) is -3.75. The van der Waals surface area contributed by atoms with E-state index in [1.54, 1.807) is 18.2 Å². The Labute approximate surface area is 166 Å². The second-order valence-corrected chi connectivity index (χ2v) is 9.00. The predicted octanol–water partition coefficient (Wildman–Crippen LogP) is 4.23. The molecule has 0 bridgehead atoms. The number of para-hydroxylation sites is 1. The Bertz CT molecular complexity index is 1060. The van der Waals surface area contributed by atoms with E-state index in [9.17, 15) is 13.2 Å². The van der Waals surface area contributed by atoms with Crippen LogP contribution in [0.5, 0.6) is 0 Å². The lowest BCUT2D eigenvalue weighted by molar-refractivity contribution is 0.102. The summed E-state index contributed by atoms with van der Waals surface area (Å²) in [5.74, 6) is -0.395. The van der Waals surface area contributed by atoms with Gasteiger partial charge in [0.25, 0.3) is 15.9 Å². The second kappa shape index (κ2) is 8.12. The van der Waals surface area contributed by atoms with Gasteiger partial charge in [0.15, 0.2) is 5.13 Å². The first-order valence-electron chi connectivity index (χ1n) is 7.88. The molecular formula is C18H17N3O3S3. The average molecular weight is 420 g/mol. The molecule has 0 spiro atoms. The number of nitrogens with one attached hydrogen (secondary N) is 2. The van der Waals surface area contributed by atoms with E-state index in [0.717, 1.165) is 21.8 Å². The number of hydrogen-bond donors (Lipinski definition) is 2. The van der Waals surface area contributed by atoms with Crippen LogP contribution in [0.1, 0.15) is 16.1 Å². The summed E-state index contributed by atoms with van der Waals surface area (Å²) in [5.41, 5.74) is 1.80. The zero-order valence-corrected chi connectivity index (χ0v) is 17.0. The number of aryl methyl sites for hydroxylation is 1. The lowest BCUT2D eigenvalue weighted by Crippen LogP contribution is -2.15. The van der Waals surface area contributed by atoms with Crippen molar-refractivity contribution in [3.05, 3.63) is 65.2 Å². The Morgan fingerprint density at radius 2 is 1.81 bits per heavy atom. The van der Waals surface area contributed by atoms with E-state index in [4.69, 9.17) is 0 Å². The van der Waals surface area contributed by atoms with Crippen molar-refractivity contribution in [2.45, 2.75) is 16.7 Å². The number of anilines is 2. The first-order valence-corrected chi connectivity index (χ1v) is 11.5. The van der Waals surface area contributed by atoms with Crippen molar-refractivity contribution >= 4 is 49.8 Å². The maximum atomic E-state index is 12.4. The molecule has 1 aromatic heterocycles. The van der Waals surface area contributed by atoms with Crippen LogP contribution in [0.3, 0.4) is 0 Å². The molecule has 0 radical (unpaired) electrons. The van der Waals surface area contributed by atoms with Crippen molar-refractivity contribution in [3.8, 4) is 0 Å². The molecule has 140 valence electrons. The van der Waals surface area contributed by atoms with Gasteiger partial charge >= 0.3 is 0 Å². The number of hydrogen-bond acceptors (Lipinski definition) is 6. The molecule has 1 heterocycles. The number of aromatic nitrogens is 1. The molecule has 9 heteroatoms. The third kappa shape index (κ3) is 4.68. The van der Waals surface area contributed by atoms with Gasteiger partial charge in [0, 0.05) is 10.3 Å². The van der Waals surface area contributed by atoms with Crippen molar-refractivity contribution in [2.24, 2.45) is 0 Å². The van der Waals surface area contributed by atoms with Crippen LogP contribution in [0.2, 0.25) is 0 Å². The van der Waals surface area contributed by atoms with Gasteiger partial charge in [0.2, 0.25) is 0 Å². The summed E-state index contributed by atoms with van der Waals surface area (Å²) >= 11 is 2.58. The molecule has 3 rings (SSSR count). The second-order valence-electron chi connectivity index (χ2n) is 5.61. The minimum absolute atomic E-state index is 0.138. The zero-order valence-electron chi connectivity index (χ0n) is 14.6. The highest BCUT2D eigenvalue weighted by Gasteiger charge is 2.18. The van der Waals surface area contributed by atoms with E-state index in [0.29, 0.717) is 5.69 Å². The fourth-order valence-corrected chi connectivity index (χ4v) is 4.75. The quantitative estimate of drug-likeness (QED) is 0.584. The Kier molecular flexibility index (Phi) is 5.83. The van der Waals surface area contributed by atoms with Crippen LogP contribution < -0.4 is 10.0 Å². The fraction of sp³-hybridized carbons (Fsp3) is 0.111. The summed E-state index contributed by atoms with van der Waals surface area (Å²) in [5, 5.41) is 4.45. The smallest absolute Gasteiger partial charge is 0.275 e. The van der Waals surface area contributed by atoms with Gasteiger partial charge in [-0.15, -0.1) is 23.1 Å². The Balaban J connectivity index is 1.74. The standard InChI is InChI=1S/C18H17N3O3S3/c1-12-7-9-13(10-8-12)27(23,24)21-18-20-15(11-26-18)17(22)19-14-5-3-4-6-16(14)25-2/h3-11H,1-2H3,(H,19,22)(H,20,21). The molecular weight excluding hydrogens is 402 g/mol. The van der Waals surface area contributed by atoms with E-state index >= 15 is 0 Å². The molecule has 0 aliphatic rings. The summed E-state index contributed by atoms with van der Waals surface area (Å²) < 4.78 is 27.2. The van der Waals surface area contributed by atoms with Gasteiger partial charge in [-0.2, -0.15) is 0 Å². The van der Waals surface area contributed by atoms with E-state index in [1.165, 1.54) is 29.3 Å². The molecule has 0 unspecified atom stereocenters. The summed E-state index contributed by atoms with van der Waals surface area (Å²) in [6.07, 6.45) is 1.92. The first-order chi connectivity index (χ1) is 12.9. The van der Waals surface area contributed by atoms with Crippen LogP contribution in [0.15, 0.2) is 63.7 Å². The molecule has 27 heavy (non-hydrogen) atoms. The van der Waals surface area contributed by atoms with E-state index in [2.05, 4.69) is 15.0 Å². The molecule has 0 fully saturated rings. The van der Waals surface area contributed by atoms with E-state index < -0.39 is 15.9 Å². The monoisotopic (exact) mass is 419 g/mol. The molecule has 6 nitrogen and oxygen atoms in total. The van der Waals surface area contributed by atoms with Crippen molar-refractivity contribution in [1.29, 1.82) is 0 Å². The van der Waals surface area contributed by atoms with Crippen molar-refractivity contribution in [1.82, 2.24) is 4.98 Å². The summed E-state index contributed by atoms with van der Waals surface area (Å²) in [4.78, 5) is 17.6. The van der Waals surface area contributed by atoms with Crippen molar-refractivity contribution < 1.29 is 13.2 Å². The van der Waals surface area contributed by atoms with Gasteiger partial charge in [0.1, 0.15) is 5.69 Å². The highest BCUT2D eigenvalue weighted by Crippen LogP contribution is 2.26. The lowest BCUT2D eigenvalue weighted by Gasteiger charge is -2.07. The molecule has 2 N–H and O–H groups in total. The summed E-state index contributed by atoms with van der Waals surface area (Å²) in [6.45, 7) is 1.88. The SMILES string of the molecule is CSc1ccccc1NC(=O)c1csc(NS(=O)(=O)c2ccc(C)cc2)n1. The number of benzene rings is 2. The number of thioether (sulfide) groups is 1. The van der Waals surface area contributed by atoms with Crippen LogP contribution in [-0.4, -0.2) is 25.6 Å². The maximum Gasteiger partial charge on any atom is 0.275 e. The maximum absolute atomic E-state index is 12.4. The predicted molar refractivity (Wildman–Crippen MR) is 110 cm³/mol. The third-order valence-corrected chi connectivity index (χ3v) is 6.68. The first kappa shape index (κ1) is 19.4. The molecule has 0 aliphatic carbocycles. The number of carbonyl (C=O) groups excluding carboxylic acids is 1. The fourth-order valence-electron chi connectivity index (χ4n) is 2.25. The number of rotatable bonds is 6. The number of sulfonamides is 1. The minimum atomic E-state index is -3.75. The van der Waals surface area contributed by atoms with Crippen LogP contribution in [0.4, 0.5) is 10.8 Å². The molecule has 0 saturated carbocycles. The number of carbonyl (C=O) groups is 1. The van der Waals surface area contributed by atoms with Gasteiger partial charge in [-0.1, -0.05) is 29.8 Å². The van der Waals surface area contributed by atoms with Gasteiger partial charge < -0.3 is 5.32 Å². The normalized spacial score (nSPS) is 11.2. The van der Waals surface area contributed by atoms with Gasteiger partial charge in [-0.3, -0.25) is 9.52 Å². The Morgan fingerprint density at radius 1 is 1.11 bits per heavy atom. The lowest BCUT2D eigenvalue weighted by atomic mass is 10.2. The molecule has 0 atom stereocenters. The van der Waals surface area contributed by atoms with Crippen LogP contribution >= 0.6 is 23.1 Å². The number of thiazole rings is 1. The van der Waals surface area contributed by atoms with Crippen LogP contribution in [0, 0.1) is 6.92 Å². The molecule has 0 saturated heterocycles. The van der Waals surface area contributed by atoms with Gasteiger partial charge in [-0.05, 0) is 37.4 Å². The average Bonchev–Trinajstić information content (AvgIpc) is 3.10. The highest BCUT2D eigenvalue weighted by molar-refractivity contribution is 7.98. The topological polar surface area (TPSA) is 88.2 Å². The van der Waals surface area contributed by atoms with Gasteiger partial charge in [0.05, 0.1) is 10.6 Å². The van der Waals surface area contributed by atoms with E-state index in [1.807, 2.05) is 31.4 Å². The van der Waals surface area contributed by atoms with Crippen molar-refractivity contribution in [3.63, 3.8) is 0 Å². The van der Waals surface area contributed by atoms with Gasteiger partial charge in [-0.25, -0.2) is 13.4 Å². The van der Waals surface area contributed by atoms with Crippen LogP contribution in [-0.2, 0) is 10.0 Å². The van der Waals surface area contributed by atoms with E-state index in [-0.39, 0.29) is 15.7 Å². The largest absolute Gasteiger partial charge is 0.320 e.